The second-order valence-electron chi connectivity index (χ2n) is 15.9. The normalized spacial score (nSPS) is 13.4. The highest BCUT2D eigenvalue weighted by molar-refractivity contribution is 5.70. The molecule has 0 spiro atoms. The molecule has 0 heterocycles. The summed E-state index contributed by atoms with van der Waals surface area (Å²) in [4.78, 5) is 36.8. The predicted octanol–water partition coefficient (Wildman–Crippen LogP) is 10.7. The maximum Gasteiger partial charge on any atom is 0.306 e. The van der Waals surface area contributed by atoms with Gasteiger partial charge in [0.15, 0.2) is 6.10 Å². The van der Waals surface area contributed by atoms with Gasteiger partial charge >= 0.3 is 11.9 Å². The third-order valence-electron chi connectivity index (χ3n) is 9.73. The fraction of sp³-hybridized carbons (Fsp3) is 0.766. The van der Waals surface area contributed by atoms with Crippen LogP contribution < -0.4 is 5.11 Å². The van der Waals surface area contributed by atoms with Gasteiger partial charge in [0.05, 0.1) is 40.3 Å². The number of esters is 2. The van der Waals surface area contributed by atoms with Gasteiger partial charge in [0.1, 0.15) is 12.6 Å². The number of carboxylic acid groups (broad SMARTS) is 1. The minimum Gasteiger partial charge on any atom is -0.544 e. The standard InChI is InChI=1S/C47H83NO7/c1-6-8-10-12-14-16-18-20-22-24-26-28-30-32-34-36-38-46(50)55-43(41-53-40-39-44(47(51)52)48(3,4)5)42-54-45(49)37-35-33-31-29-27-25-23-21-19-17-15-13-11-9-7-2/h8,10,14,16,20,22,26,28,43-44H,6-7,9,11-13,15,17-19,21,23-25,27,29-42H2,1-5H3/b10-8+,16-14+,22-20+,28-26+. The summed E-state index contributed by atoms with van der Waals surface area (Å²) in [6.07, 6.45) is 44.2. The fourth-order valence-corrected chi connectivity index (χ4v) is 6.30. The van der Waals surface area contributed by atoms with Crippen LogP contribution in [0.25, 0.3) is 0 Å². The number of hydrogen-bond acceptors (Lipinski definition) is 7. The Kier molecular flexibility index (Phi) is 36.3. The Morgan fingerprint density at radius 1 is 0.564 bits per heavy atom. The summed E-state index contributed by atoms with van der Waals surface area (Å²) in [5.41, 5.74) is 0. The van der Waals surface area contributed by atoms with Crippen molar-refractivity contribution in [2.75, 3.05) is 41.0 Å². The lowest BCUT2D eigenvalue weighted by Gasteiger charge is -2.34. The molecule has 0 saturated carbocycles. The van der Waals surface area contributed by atoms with E-state index in [1.807, 2.05) is 0 Å². The number of carbonyl (C=O) groups excluding carboxylic acids is 3. The number of carboxylic acids is 1. The van der Waals surface area contributed by atoms with Gasteiger partial charge in [0.2, 0.25) is 0 Å². The summed E-state index contributed by atoms with van der Waals surface area (Å²) in [6.45, 7) is 4.52. The number of rotatable bonds is 39. The number of quaternary nitrogens is 1. The molecule has 0 amide bonds. The van der Waals surface area contributed by atoms with E-state index >= 15 is 0 Å². The van der Waals surface area contributed by atoms with E-state index in [0.29, 0.717) is 6.42 Å². The van der Waals surface area contributed by atoms with Crippen LogP contribution in [0.2, 0.25) is 0 Å². The molecule has 0 N–H and O–H groups in total. The van der Waals surface area contributed by atoms with Gasteiger partial charge in [-0.05, 0) is 51.4 Å². The Hall–Kier alpha value is -2.71. The summed E-state index contributed by atoms with van der Waals surface area (Å²) in [5, 5.41) is 11.6. The first-order valence-electron chi connectivity index (χ1n) is 22.2. The number of hydrogen-bond donors (Lipinski definition) is 0. The molecule has 2 unspecified atom stereocenters. The zero-order valence-electron chi connectivity index (χ0n) is 36.1. The van der Waals surface area contributed by atoms with Crippen LogP contribution in [0, 0.1) is 0 Å². The lowest BCUT2D eigenvalue weighted by molar-refractivity contribution is -0.889. The molecule has 0 fully saturated rings. The van der Waals surface area contributed by atoms with Crippen LogP contribution in [-0.4, -0.2) is 75.5 Å². The third kappa shape index (κ3) is 36.7. The Morgan fingerprint density at radius 3 is 1.51 bits per heavy atom. The van der Waals surface area contributed by atoms with Crippen molar-refractivity contribution in [1.29, 1.82) is 0 Å². The highest BCUT2D eigenvalue weighted by Crippen LogP contribution is 2.15. The Labute approximate surface area is 337 Å². The van der Waals surface area contributed by atoms with Gasteiger partial charge in [-0.15, -0.1) is 0 Å². The third-order valence-corrected chi connectivity index (χ3v) is 9.73. The van der Waals surface area contributed by atoms with E-state index in [1.165, 1.54) is 77.0 Å². The summed E-state index contributed by atoms with van der Waals surface area (Å²) in [6, 6.07) is -0.731. The molecule has 0 radical (unpaired) electrons. The summed E-state index contributed by atoms with van der Waals surface area (Å²) in [7, 11) is 5.39. The van der Waals surface area contributed by atoms with Crippen molar-refractivity contribution in [3.63, 3.8) is 0 Å². The first-order chi connectivity index (χ1) is 26.6. The molecule has 2 atom stereocenters. The average Bonchev–Trinajstić information content (AvgIpc) is 3.14. The molecule has 0 saturated heterocycles. The maximum atomic E-state index is 12.7. The molecular weight excluding hydrogens is 691 g/mol. The number of ether oxygens (including phenoxy) is 3. The van der Waals surface area contributed by atoms with E-state index in [9.17, 15) is 19.5 Å². The Balaban J connectivity index is 4.39. The van der Waals surface area contributed by atoms with E-state index < -0.39 is 18.1 Å². The second kappa shape index (κ2) is 38.2. The number of aliphatic carboxylic acids is 1. The molecular formula is C47H83NO7. The van der Waals surface area contributed by atoms with Crippen molar-refractivity contribution in [3.05, 3.63) is 48.6 Å². The highest BCUT2D eigenvalue weighted by Gasteiger charge is 2.25. The number of carbonyl (C=O) groups is 3. The molecule has 0 aliphatic carbocycles. The van der Waals surface area contributed by atoms with Gasteiger partial charge in [0, 0.05) is 19.3 Å². The molecule has 0 aromatic rings. The SMILES string of the molecule is CC/C=C/C/C=C/C/C=C/C/C=C/CCCCCC(=O)OC(COCCC(C(=O)[O-])[N+](C)(C)C)COC(=O)CCCCCCCCCCCCCCCCC. The number of unbranched alkanes of at least 4 members (excludes halogenated alkanes) is 17. The van der Waals surface area contributed by atoms with Crippen molar-refractivity contribution >= 4 is 17.9 Å². The fourth-order valence-electron chi connectivity index (χ4n) is 6.30. The zero-order chi connectivity index (χ0) is 40.7. The number of allylic oxidation sites excluding steroid dienone is 8. The smallest absolute Gasteiger partial charge is 0.306 e. The van der Waals surface area contributed by atoms with Crippen LogP contribution in [0.4, 0.5) is 0 Å². The quantitative estimate of drug-likeness (QED) is 0.0265. The molecule has 318 valence electrons. The van der Waals surface area contributed by atoms with E-state index in [-0.39, 0.29) is 49.1 Å². The molecule has 0 aliphatic rings. The van der Waals surface area contributed by atoms with Crippen molar-refractivity contribution in [1.82, 2.24) is 0 Å². The van der Waals surface area contributed by atoms with Gasteiger partial charge in [0.25, 0.3) is 0 Å². The van der Waals surface area contributed by atoms with Gasteiger partial charge in [-0.1, -0.05) is 159 Å². The predicted molar refractivity (Wildman–Crippen MR) is 226 cm³/mol. The summed E-state index contributed by atoms with van der Waals surface area (Å²) in [5.74, 6) is -1.77. The second-order valence-corrected chi connectivity index (χ2v) is 15.9. The highest BCUT2D eigenvalue weighted by atomic mass is 16.6. The van der Waals surface area contributed by atoms with Gasteiger partial charge in [-0.25, -0.2) is 0 Å². The van der Waals surface area contributed by atoms with Gasteiger partial charge < -0.3 is 28.6 Å². The van der Waals surface area contributed by atoms with Crippen molar-refractivity contribution in [2.45, 2.75) is 193 Å². The van der Waals surface area contributed by atoms with E-state index in [4.69, 9.17) is 14.2 Å². The van der Waals surface area contributed by atoms with E-state index in [1.54, 1.807) is 21.1 Å². The molecule has 8 heteroatoms. The average molecular weight is 774 g/mol. The summed E-state index contributed by atoms with van der Waals surface area (Å²) >= 11 is 0. The monoisotopic (exact) mass is 774 g/mol. The van der Waals surface area contributed by atoms with Crippen LogP contribution in [0.1, 0.15) is 181 Å². The van der Waals surface area contributed by atoms with Crippen LogP contribution in [0.15, 0.2) is 48.6 Å². The lowest BCUT2D eigenvalue weighted by atomic mass is 10.0. The molecule has 55 heavy (non-hydrogen) atoms. The minimum atomic E-state index is -1.13. The maximum absolute atomic E-state index is 12.7. The van der Waals surface area contributed by atoms with Gasteiger partial charge in [-0.2, -0.15) is 0 Å². The zero-order valence-corrected chi connectivity index (χ0v) is 36.1. The van der Waals surface area contributed by atoms with Crippen molar-refractivity contribution in [3.8, 4) is 0 Å². The van der Waals surface area contributed by atoms with Crippen molar-refractivity contribution in [2.24, 2.45) is 0 Å². The molecule has 0 aromatic carbocycles. The molecule has 0 aliphatic heterocycles. The number of nitrogens with zero attached hydrogens (tertiary/aromatic N) is 1. The molecule has 0 aromatic heterocycles. The minimum absolute atomic E-state index is 0.0285. The molecule has 0 bridgehead atoms. The summed E-state index contributed by atoms with van der Waals surface area (Å²) < 4.78 is 17.1. The van der Waals surface area contributed by atoms with Crippen LogP contribution in [0.3, 0.4) is 0 Å². The van der Waals surface area contributed by atoms with Crippen LogP contribution in [0.5, 0.6) is 0 Å². The largest absolute Gasteiger partial charge is 0.544 e. The van der Waals surface area contributed by atoms with Crippen LogP contribution >= 0.6 is 0 Å². The Morgan fingerprint density at radius 2 is 1.02 bits per heavy atom. The number of likely N-dealkylation sites (N-methyl/N-ethyl adjacent to an activating group) is 1. The molecule has 0 rings (SSSR count). The van der Waals surface area contributed by atoms with Crippen LogP contribution in [-0.2, 0) is 28.6 Å². The first kappa shape index (κ1) is 52.3. The first-order valence-corrected chi connectivity index (χ1v) is 22.2. The topological polar surface area (TPSA) is 102 Å². The van der Waals surface area contributed by atoms with E-state index in [2.05, 4.69) is 62.5 Å². The lowest BCUT2D eigenvalue weighted by Crippen LogP contribution is -2.55. The van der Waals surface area contributed by atoms with E-state index in [0.717, 1.165) is 70.6 Å². The van der Waals surface area contributed by atoms with Crippen molar-refractivity contribution < 1.29 is 38.2 Å². The Bertz CT molecular complexity index is 1040. The van der Waals surface area contributed by atoms with Gasteiger partial charge in [-0.3, -0.25) is 9.59 Å². The molecule has 8 nitrogen and oxygen atoms in total.